The Kier molecular flexibility index (Phi) is 4.13. The van der Waals surface area contributed by atoms with E-state index in [0.717, 1.165) is 32.5 Å². The normalized spacial score (nSPS) is 16.9. The van der Waals surface area contributed by atoms with Gasteiger partial charge in [0.2, 0.25) is 0 Å². The lowest BCUT2D eigenvalue weighted by atomic mass is 9.86. The lowest BCUT2D eigenvalue weighted by Gasteiger charge is -2.34. The van der Waals surface area contributed by atoms with Crippen molar-refractivity contribution in [1.29, 1.82) is 0 Å². The van der Waals surface area contributed by atoms with Gasteiger partial charge in [-0.2, -0.15) is 0 Å². The number of benzene rings is 2. The first kappa shape index (κ1) is 15.4. The van der Waals surface area contributed by atoms with Crippen LogP contribution in [0.5, 0.6) is 0 Å². The Morgan fingerprint density at radius 3 is 2.71 bits per heavy atom. The highest BCUT2D eigenvalue weighted by Gasteiger charge is 2.28. The zero-order chi connectivity index (χ0) is 16.5. The molecule has 0 bridgehead atoms. The molecule has 0 aliphatic heterocycles. The van der Waals surface area contributed by atoms with Gasteiger partial charge in [-0.15, -0.1) is 0 Å². The fraction of sp³-hybridized carbons (Fsp3) is 0.333. The van der Waals surface area contributed by atoms with E-state index in [2.05, 4.69) is 65.3 Å². The Labute approximate surface area is 143 Å². The van der Waals surface area contributed by atoms with Gasteiger partial charge in [0.05, 0.1) is 0 Å². The van der Waals surface area contributed by atoms with Crippen LogP contribution >= 0.6 is 0 Å². The third-order valence-corrected chi connectivity index (χ3v) is 5.31. The summed E-state index contributed by atoms with van der Waals surface area (Å²) < 4.78 is 0. The van der Waals surface area contributed by atoms with Crippen molar-refractivity contribution in [3.8, 4) is 11.3 Å². The highest BCUT2D eigenvalue weighted by molar-refractivity contribution is 5.94. The van der Waals surface area contributed by atoms with Crippen LogP contribution < -0.4 is 5.73 Å². The number of rotatable bonds is 5. The molecule has 4 rings (SSSR count). The van der Waals surface area contributed by atoms with E-state index in [1.807, 2.05) is 0 Å². The molecule has 24 heavy (non-hydrogen) atoms. The van der Waals surface area contributed by atoms with Crippen LogP contribution in [0.3, 0.4) is 0 Å². The van der Waals surface area contributed by atoms with Gasteiger partial charge in [-0.1, -0.05) is 49.4 Å². The summed E-state index contributed by atoms with van der Waals surface area (Å²) in [5, 5.41) is 1.43. The van der Waals surface area contributed by atoms with Gasteiger partial charge in [-0.3, -0.25) is 4.90 Å². The number of aromatic nitrogens is 1. The number of nitrogens with one attached hydrogen (secondary N) is 1. The van der Waals surface area contributed by atoms with Gasteiger partial charge in [-0.25, -0.2) is 0 Å². The Hall–Kier alpha value is -2.10. The fourth-order valence-corrected chi connectivity index (χ4v) is 4.24. The molecule has 1 heterocycles. The van der Waals surface area contributed by atoms with Crippen molar-refractivity contribution in [3.63, 3.8) is 0 Å². The minimum atomic E-state index is 0.481. The fourth-order valence-electron chi connectivity index (χ4n) is 4.24. The number of nitrogens with two attached hydrogens (primary N) is 1. The summed E-state index contributed by atoms with van der Waals surface area (Å²) in [6, 6.07) is 17.9. The van der Waals surface area contributed by atoms with E-state index in [1.165, 1.54) is 33.3 Å². The van der Waals surface area contributed by atoms with Crippen LogP contribution in [0.2, 0.25) is 0 Å². The molecule has 0 saturated carbocycles. The third kappa shape index (κ3) is 2.45. The summed E-state index contributed by atoms with van der Waals surface area (Å²) >= 11 is 0. The molecule has 0 radical (unpaired) electrons. The van der Waals surface area contributed by atoms with Crippen LogP contribution in [0, 0.1) is 0 Å². The molecule has 2 aromatic carbocycles. The molecule has 0 spiro atoms. The van der Waals surface area contributed by atoms with Gasteiger partial charge in [0.1, 0.15) is 0 Å². The maximum absolute atomic E-state index is 5.84. The number of aromatic amines is 1. The average Bonchev–Trinajstić information content (AvgIpc) is 3.02. The van der Waals surface area contributed by atoms with Gasteiger partial charge in [0, 0.05) is 35.7 Å². The minimum Gasteiger partial charge on any atom is -0.354 e. The van der Waals surface area contributed by atoms with Crippen molar-refractivity contribution in [2.45, 2.75) is 25.8 Å². The number of hydrogen-bond donors (Lipinski definition) is 2. The SMILES string of the molecule is CCN(CCN)C1CCc2c(-c3ccccc3)[nH]c3cccc1c23. The molecule has 3 aromatic rings. The molecule has 0 saturated heterocycles. The molecule has 1 aromatic heterocycles. The van der Waals surface area contributed by atoms with Crippen molar-refractivity contribution in [2.75, 3.05) is 19.6 Å². The van der Waals surface area contributed by atoms with E-state index in [-0.39, 0.29) is 0 Å². The first-order chi connectivity index (χ1) is 11.8. The second-order valence-electron chi connectivity index (χ2n) is 6.59. The molecule has 1 aliphatic carbocycles. The zero-order valence-electron chi connectivity index (χ0n) is 14.3. The first-order valence-electron chi connectivity index (χ1n) is 8.96. The second kappa shape index (κ2) is 6.42. The molecule has 124 valence electrons. The predicted octanol–water partition coefficient (Wildman–Crippen LogP) is 4.10. The van der Waals surface area contributed by atoms with Gasteiger partial charge in [0.25, 0.3) is 0 Å². The molecule has 1 unspecified atom stereocenters. The average molecular weight is 319 g/mol. The summed E-state index contributed by atoms with van der Waals surface area (Å²) in [7, 11) is 0. The zero-order valence-corrected chi connectivity index (χ0v) is 14.3. The molecule has 0 fully saturated rings. The first-order valence-corrected chi connectivity index (χ1v) is 8.96. The van der Waals surface area contributed by atoms with Crippen LogP contribution in [0.15, 0.2) is 48.5 Å². The molecule has 3 N–H and O–H groups in total. The molecular formula is C21H25N3. The summed E-state index contributed by atoms with van der Waals surface area (Å²) in [5.41, 5.74) is 12.6. The van der Waals surface area contributed by atoms with Crippen molar-refractivity contribution < 1.29 is 0 Å². The third-order valence-electron chi connectivity index (χ3n) is 5.31. The lowest BCUT2D eigenvalue weighted by Crippen LogP contribution is -2.34. The van der Waals surface area contributed by atoms with Gasteiger partial charge < -0.3 is 10.7 Å². The van der Waals surface area contributed by atoms with E-state index >= 15 is 0 Å². The highest BCUT2D eigenvalue weighted by Crippen LogP contribution is 2.42. The van der Waals surface area contributed by atoms with E-state index < -0.39 is 0 Å². The van der Waals surface area contributed by atoms with Gasteiger partial charge in [-0.05, 0) is 42.1 Å². The molecule has 0 amide bonds. The molecule has 1 atom stereocenters. The predicted molar refractivity (Wildman–Crippen MR) is 101 cm³/mol. The topological polar surface area (TPSA) is 45.0 Å². The molecule has 3 heteroatoms. The van der Waals surface area contributed by atoms with Crippen molar-refractivity contribution in [1.82, 2.24) is 9.88 Å². The molecule has 3 nitrogen and oxygen atoms in total. The number of nitrogens with zero attached hydrogens (tertiary/aromatic N) is 1. The Morgan fingerprint density at radius 1 is 1.12 bits per heavy atom. The van der Waals surface area contributed by atoms with Crippen LogP contribution in [0.1, 0.15) is 30.5 Å². The number of H-pyrrole nitrogens is 1. The van der Waals surface area contributed by atoms with E-state index in [4.69, 9.17) is 5.73 Å². The highest BCUT2D eigenvalue weighted by atomic mass is 15.2. The monoisotopic (exact) mass is 319 g/mol. The Morgan fingerprint density at radius 2 is 1.96 bits per heavy atom. The van der Waals surface area contributed by atoms with E-state index in [9.17, 15) is 0 Å². The van der Waals surface area contributed by atoms with Gasteiger partial charge in [0.15, 0.2) is 0 Å². The second-order valence-corrected chi connectivity index (χ2v) is 6.59. The molecular weight excluding hydrogens is 294 g/mol. The number of likely N-dealkylation sites (N-methyl/N-ethyl adjacent to an activating group) is 1. The number of hydrogen-bond acceptors (Lipinski definition) is 2. The summed E-state index contributed by atoms with van der Waals surface area (Å²) in [5.74, 6) is 0. The van der Waals surface area contributed by atoms with Crippen LogP contribution in [0.25, 0.3) is 22.2 Å². The summed E-state index contributed by atoms with van der Waals surface area (Å²) in [4.78, 5) is 6.20. The maximum atomic E-state index is 5.84. The maximum Gasteiger partial charge on any atom is 0.0497 e. The van der Waals surface area contributed by atoms with Crippen LogP contribution in [0.4, 0.5) is 0 Å². The Bertz CT molecular complexity index is 835. The standard InChI is InChI=1S/C21H25N3/c1-2-24(14-13-22)19-12-11-17-20-16(19)9-6-10-18(20)23-21(17)15-7-4-3-5-8-15/h3-10,19,23H,2,11-14,22H2,1H3. The van der Waals surface area contributed by atoms with Crippen molar-refractivity contribution in [2.24, 2.45) is 5.73 Å². The van der Waals surface area contributed by atoms with Gasteiger partial charge >= 0.3 is 0 Å². The smallest absolute Gasteiger partial charge is 0.0497 e. The minimum absolute atomic E-state index is 0.481. The van der Waals surface area contributed by atoms with E-state index in [0.29, 0.717) is 6.04 Å². The number of aryl methyl sites for hydroxylation is 1. The Balaban J connectivity index is 1.86. The van der Waals surface area contributed by atoms with Crippen LogP contribution in [-0.2, 0) is 6.42 Å². The van der Waals surface area contributed by atoms with Crippen molar-refractivity contribution >= 4 is 10.9 Å². The molecule has 1 aliphatic rings. The van der Waals surface area contributed by atoms with Crippen molar-refractivity contribution in [3.05, 3.63) is 59.7 Å². The van der Waals surface area contributed by atoms with E-state index in [1.54, 1.807) is 0 Å². The quantitative estimate of drug-likeness (QED) is 0.743. The lowest BCUT2D eigenvalue weighted by molar-refractivity contribution is 0.202. The van der Waals surface area contributed by atoms with Crippen LogP contribution in [-0.4, -0.2) is 29.5 Å². The largest absolute Gasteiger partial charge is 0.354 e. The summed E-state index contributed by atoms with van der Waals surface area (Å²) in [6.07, 6.45) is 2.28. The summed E-state index contributed by atoms with van der Waals surface area (Å²) in [6.45, 7) is 4.96.